The van der Waals surface area contributed by atoms with Crippen molar-refractivity contribution in [1.29, 1.82) is 0 Å². The van der Waals surface area contributed by atoms with E-state index >= 15 is 0 Å². The number of benzene rings is 1. The van der Waals surface area contributed by atoms with E-state index in [9.17, 15) is 19.8 Å². The summed E-state index contributed by atoms with van der Waals surface area (Å²) >= 11 is 0. The number of aromatic nitrogens is 2. The van der Waals surface area contributed by atoms with Crippen molar-refractivity contribution in [3.63, 3.8) is 0 Å². The van der Waals surface area contributed by atoms with Gasteiger partial charge in [0.15, 0.2) is 5.75 Å². The molecule has 0 amide bonds. The molecule has 2 aliphatic rings. The van der Waals surface area contributed by atoms with Gasteiger partial charge in [-0.1, -0.05) is 0 Å². The molecule has 1 atom stereocenters. The molecule has 1 saturated heterocycles. The minimum absolute atomic E-state index is 0.0710. The second kappa shape index (κ2) is 6.14. The highest BCUT2D eigenvalue weighted by molar-refractivity contribution is 5.90. The number of aromatic amines is 1. The summed E-state index contributed by atoms with van der Waals surface area (Å²) < 4.78 is 7.26. The number of aliphatic hydroxyl groups excluding tert-OH is 1. The van der Waals surface area contributed by atoms with Gasteiger partial charge in [0.2, 0.25) is 0 Å². The monoisotopic (exact) mass is 361 g/mol. The second-order valence-corrected chi connectivity index (χ2v) is 7.28. The molecular weight excluding hydrogens is 338 g/mol. The number of fused-ring (bicyclic) bond motifs is 1. The largest absolute Gasteiger partial charge is 0.492 e. The van der Waals surface area contributed by atoms with Crippen LogP contribution < -0.4 is 20.9 Å². The predicted octanol–water partition coefficient (Wildman–Crippen LogP) is 0.357. The maximum Gasteiger partial charge on any atom is 0.329 e. The van der Waals surface area contributed by atoms with Crippen molar-refractivity contribution < 1.29 is 14.9 Å². The van der Waals surface area contributed by atoms with Crippen molar-refractivity contribution in [2.24, 2.45) is 0 Å². The number of ether oxygens (including phenoxy) is 1. The lowest BCUT2D eigenvalue weighted by Gasteiger charge is -2.40. The Kier molecular flexibility index (Phi) is 4.04. The molecule has 8 heteroatoms. The van der Waals surface area contributed by atoms with Gasteiger partial charge in [-0.3, -0.25) is 14.3 Å². The van der Waals surface area contributed by atoms with E-state index in [-0.39, 0.29) is 19.2 Å². The van der Waals surface area contributed by atoms with Crippen molar-refractivity contribution in [2.75, 3.05) is 31.7 Å². The van der Waals surface area contributed by atoms with Gasteiger partial charge >= 0.3 is 5.69 Å². The number of nitrogens with zero attached hydrogens (tertiary/aromatic N) is 2. The summed E-state index contributed by atoms with van der Waals surface area (Å²) in [6.07, 6.45) is 3.04. The number of hydrogen-bond donors (Lipinski definition) is 3. The first-order chi connectivity index (χ1) is 12.5. The SMILES string of the molecule is COc1c(N2CCCC(O)(CO)C2)ccc2c(=O)[nH]c(=O)n(C3CC3)c12. The van der Waals surface area contributed by atoms with Crippen molar-refractivity contribution >= 4 is 16.6 Å². The standard InChI is InChI=1S/C18H23N3O5/c1-26-15-13(20-8-2-7-18(25,9-20)10-22)6-5-12-14(15)21(11-3-4-11)17(24)19-16(12)23/h5-6,11,22,25H,2-4,7-10H2,1H3,(H,19,23,24). The topological polar surface area (TPSA) is 108 Å². The lowest BCUT2D eigenvalue weighted by atomic mass is 9.93. The van der Waals surface area contributed by atoms with Gasteiger partial charge in [0.1, 0.15) is 11.1 Å². The Balaban J connectivity index is 1.93. The molecule has 2 heterocycles. The molecule has 8 nitrogen and oxygen atoms in total. The summed E-state index contributed by atoms with van der Waals surface area (Å²) in [7, 11) is 1.52. The number of hydrogen-bond acceptors (Lipinski definition) is 6. The fraction of sp³-hybridized carbons (Fsp3) is 0.556. The summed E-state index contributed by atoms with van der Waals surface area (Å²) in [4.78, 5) is 29.0. The summed E-state index contributed by atoms with van der Waals surface area (Å²) in [6, 6.07) is 3.54. The van der Waals surface area contributed by atoms with Crippen LogP contribution in [0.15, 0.2) is 21.7 Å². The number of piperidine rings is 1. The average Bonchev–Trinajstić information content (AvgIpc) is 3.45. The Hall–Kier alpha value is -2.32. The lowest BCUT2D eigenvalue weighted by Crippen LogP contribution is -2.50. The van der Waals surface area contributed by atoms with Crippen molar-refractivity contribution in [2.45, 2.75) is 37.3 Å². The van der Waals surface area contributed by atoms with E-state index in [0.717, 1.165) is 19.3 Å². The Labute approximate surface area is 149 Å². The van der Waals surface area contributed by atoms with Crippen LogP contribution in [0, 0.1) is 0 Å². The number of H-pyrrole nitrogens is 1. The Morgan fingerprint density at radius 3 is 2.77 bits per heavy atom. The third kappa shape index (κ3) is 2.69. The fourth-order valence-electron chi connectivity index (χ4n) is 3.89. The molecule has 26 heavy (non-hydrogen) atoms. The average molecular weight is 361 g/mol. The molecule has 0 bridgehead atoms. The molecule has 1 aliphatic heterocycles. The van der Waals surface area contributed by atoms with Gasteiger partial charge in [0.05, 0.1) is 24.8 Å². The van der Waals surface area contributed by atoms with E-state index in [0.29, 0.717) is 35.3 Å². The van der Waals surface area contributed by atoms with Crippen molar-refractivity contribution in [3.8, 4) is 5.75 Å². The number of β-amino-alcohol motifs (C(OH)–C–C–N with tert-alkyl or cyclic N) is 1. The lowest BCUT2D eigenvalue weighted by molar-refractivity contribution is -0.0241. The number of rotatable bonds is 4. The summed E-state index contributed by atoms with van der Waals surface area (Å²) in [6.45, 7) is 0.648. The molecule has 0 spiro atoms. The van der Waals surface area contributed by atoms with E-state index in [1.54, 1.807) is 16.7 Å². The Morgan fingerprint density at radius 2 is 2.12 bits per heavy atom. The molecule has 0 radical (unpaired) electrons. The zero-order valence-corrected chi connectivity index (χ0v) is 14.7. The third-order valence-corrected chi connectivity index (χ3v) is 5.34. The van der Waals surface area contributed by atoms with E-state index in [4.69, 9.17) is 4.74 Å². The predicted molar refractivity (Wildman–Crippen MR) is 97.1 cm³/mol. The van der Waals surface area contributed by atoms with Crippen LogP contribution in [0.1, 0.15) is 31.7 Å². The molecule has 2 fully saturated rings. The van der Waals surface area contributed by atoms with Gasteiger partial charge in [-0.05, 0) is 37.8 Å². The van der Waals surface area contributed by atoms with Crippen LogP contribution in [0.25, 0.3) is 10.9 Å². The summed E-state index contributed by atoms with van der Waals surface area (Å²) in [5.74, 6) is 0.458. The molecule has 1 aromatic heterocycles. The number of methoxy groups -OCH3 is 1. The van der Waals surface area contributed by atoms with E-state index in [1.807, 2.05) is 4.90 Å². The molecule has 3 N–H and O–H groups in total. The first kappa shape index (κ1) is 17.1. The molecule has 140 valence electrons. The van der Waals surface area contributed by atoms with Crippen molar-refractivity contribution in [3.05, 3.63) is 33.0 Å². The van der Waals surface area contributed by atoms with Crippen LogP contribution in [0.2, 0.25) is 0 Å². The van der Waals surface area contributed by atoms with Gasteiger partial charge in [-0.25, -0.2) is 4.79 Å². The van der Waals surface area contributed by atoms with Crippen LogP contribution >= 0.6 is 0 Å². The van der Waals surface area contributed by atoms with E-state index in [1.165, 1.54) is 7.11 Å². The summed E-state index contributed by atoms with van der Waals surface area (Å²) in [5, 5.41) is 20.4. The quantitative estimate of drug-likeness (QED) is 0.726. The van der Waals surface area contributed by atoms with Gasteiger partial charge in [-0.2, -0.15) is 0 Å². The van der Waals surface area contributed by atoms with E-state index in [2.05, 4.69) is 4.98 Å². The smallest absolute Gasteiger partial charge is 0.329 e. The Bertz CT molecular complexity index is 962. The van der Waals surface area contributed by atoms with Crippen LogP contribution in [0.5, 0.6) is 5.75 Å². The second-order valence-electron chi connectivity index (χ2n) is 7.28. The first-order valence-corrected chi connectivity index (χ1v) is 8.91. The molecular formula is C18H23N3O5. The molecule has 1 saturated carbocycles. The molecule has 1 aromatic carbocycles. The Morgan fingerprint density at radius 1 is 1.35 bits per heavy atom. The maximum atomic E-state index is 12.4. The third-order valence-electron chi connectivity index (χ3n) is 5.34. The zero-order valence-electron chi connectivity index (χ0n) is 14.7. The molecule has 2 aromatic rings. The van der Waals surface area contributed by atoms with Crippen LogP contribution in [-0.4, -0.2) is 52.2 Å². The highest BCUT2D eigenvalue weighted by atomic mass is 16.5. The number of nitrogens with one attached hydrogen (secondary N) is 1. The zero-order chi connectivity index (χ0) is 18.5. The van der Waals surface area contributed by atoms with Crippen LogP contribution in [0.3, 0.4) is 0 Å². The number of aliphatic hydroxyl groups is 2. The van der Waals surface area contributed by atoms with Gasteiger partial charge in [-0.15, -0.1) is 0 Å². The van der Waals surface area contributed by atoms with Crippen molar-refractivity contribution in [1.82, 2.24) is 9.55 Å². The van der Waals surface area contributed by atoms with Gasteiger partial charge in [0.25, 0.3) is 5.56 Å². The molecule has 4 rings (SSSR count). The van der Waals surface area contributed by atoms with Crippen LogP contribution in [0.4, 0.5) is 5.69 Å². The van der Waals surface area contributed by atoms with E-state index < -0.39 is 16.9 Å². The minimum Gasteiger partial charge on any atom is -0.492 e. The van der Waals surface area contributed by atoms with Gasteiger partial charge < -0.3 is 19.8 Å². The molecule has 1 unspecified atom stereocenters. The molecule has 1 aliphatic carbocycles. The minimum atomic E-state index is -1.16. The first-order valence-electron chi connectivity index (χ1n) is 8.91. The highest BCUT2D eigenvalue weighted by Crippen LogP contribution is 2.41. The highest BCUT2D eigenvalue weighted by Gasteiger charge is 2.35. The normalized spacial score (nSPS) is 23.4. The summed E-state index contributed by atoms with van der Waals surface area (Å²) in [5.41, 5.74) is -0.809. The fourth-order valence-corrected chi connectivity index (χ4v) is 3.89. The van der Waals surface area contributed by atoms with Gasteiger partial charge in [0, 0.05) is 19.1 Å². The van der Waals surface area contributed by atoms with Crippen LogP contribution in [-0.2, 0) is 0 Å². The maximum absolute atomic E-state index is 12.4. The number of anilines is 1.